The van der Waals surface area contributed by atoms with Gasteiger partial charge in [0.25, 0.3) is 5.91 Å². The number of thiophene rings is 1. The number of nitrogens with two attached hydrogens (primary N) is 1. The number of primary sulfonamides is 1. The molecule has 0 atom stereocenters. The maximum atomic E-state index is 12.8. The van der Waals surface area contributed by atoms with Crippen molar-refractivity contribution in [1.82, 2.24) is 4.90 Å². The van der Waals surface area contributed by atoms with E-state index < -0.39 is 10.0 Å². The molecule has 0 unspecified atom stereocenters. The predicted octanol–water partition coefficient (Wildman–Crippen LogP) is 2.58. The molecule has 7 heteroatoms. The molecule has 0 bridgehead atoms. The summed E-state index contributed by atoms with van der Waals surface area (Å²) in [5, 5.41) is 6.75. The molecule has 22 heavy (non-hydrogen) atoms. The van der Waals surface area contributed by atoms with E-state index in [2.05, 4.69) is 6.92 Å². The maximum Gasteiger partial charge on any atom is 0.255 e. The number of carbonyl (C=O) groups excluding carboxylic acids is 1. The molecule has 0 spiro atoms. The Balaban J connectivity index is 1.80. The molecule has 2 aliphatic carbocycles. The normalized spacial score (nSPS) is 25.9. The fraction of sp³-hybridized carbons (Fsp3) is 0.667. The summed E-state index contributed by atoms with van der Waals surface area (Å²) in [7, 11) is -3.73. The molecule has 2 fully saturated rings. The molecule has 2 N–H and O–H groups in total. The fourth-order valence-electron chi connectivity index (χ4n) is 3.23. The molecule has 0 aliphatic heterocycles. The summed E-state index contributed by atoms with van der Waals surface area (Å²) in [6, 6.07) is 2.06. The van der Waals surface area contributed by atoms with Crippen molar-refractivity contribution in [3.05, 3.63) is 17.0 Å². The zero-order valence-corrected chi connectivity index (χ0v) is 14.3. The molecule has 0 radical (unpaired) electrons. The van der Waals surface area contributed by atoms with E-state index in [1.807, 2.05) is 4.90 Å². The van der Waals surface area contributed by atoms with Crippen molar-refractivity contribution in [1.29, 1.82) is 0 Å². The van der Waals surface area contributed by atoms with Crippen LogP contribution in [-0.2, 0) is 10.0 Å². The summed E-state index contributed by atoms with van der Waals surface area (Å²) in [6.07, 6.45) is 6.54. The highest BCUT2D eigenvalue weighted by Gasteiger charge is 2.39. The summed E-state index contributed by atoms with van der Waals surface area (Å²) in [6.45, 7) is 2.26. The third-order valence-electron chi connectivity index (χ3n) is 4.66. The lowest BCUT2D eigenvalue weighted by atomic mass is 9.86. The van der Waals surface area contributed by atoms with Gasteiger partial charge in [-0.2, -0.15) is 0 Å². The molecule has 122 valence electrons. The van der Waals surface area contributed by atoms with E-state index in [1.165, 1.54) is 6.07 Å². The van der Waals surface area contributed by atoms with E-state index in [9.17, 15) is 13.2 Å². The van der Waals surface area contributed by atoms with Crippen LogP contribution < -0.4 is 5.14 Å². The second-order valence-electron chi connectivity index (χ2n) is 6.56. The van der Waals surface area contributed by atoms with Crippen LogP contribution in [0.25, 0.3) is 0 Å². The van der Waals surface area contributed by atoms with E-state index in [0.29, 0.717) is 17.6 Å². The number of amides is 1. The van der Waals surface area contributed by atoms with Crippen molar-refractivity contribution in [2.45, 2.75) is 61.7 Å². The number of rotatable bonds is 4. The van der Waals surface area contributed by atoms with Crippen LogP contribution in [0.3, 0.4) is 0 Å². The third-order valence-corrected chi connectivity index (χ3v) is 7.04. The molecule has 5 nitrogen and oxygen atoms in total. The van der Waals surface area contributed by atoms with Gasteiger partial charge >= 0.3 is 0 Å². The highest BCUT2D eigenvalue weighted by molar-refractivity contribution is 7.91. The first-order valence-corrected chi connectivity index (χ1v) is 10.2. The minimum absolute atomic E-state index is 0.0341. The molecule has 1 aromatic rings. The second-order valence-corrected chi connectivity index (χ2v) is 9.26. The zero-order valence-electron chi connectivity index (χ0n) is 12.7. The topological polar surface area (TPSA) is 80.5 Å². The highest BCUT2D eigenvalue weighted by Crippen LogP contribution is 2.36. The Labute approximate surface area is 135 Å². The molecular weight excluding hydrogens is 320 g/mol. The zero-order chi connectivity index (χ0) is 15.9. The number of nitrogens with zero attached hydrogens (tertiary/aromatic N) is 1. The standard InChI is InChI=1S/C15H22N2O3S2/c1-10-2-4-12(5-3-10)17(13-6-7-13)15(18)11-8-14(21-9-11)22(16,19)20/h8-10,12-13H,2-7H2,1H3,(H2,16,19,20). The minimum atomic E-state index is -3.73. The van der Waals surface area contributed by atoms with Crippen molar-refractivity contribution >= 4 is 27.3 Å². The Morgan fingerprint density at radius 1 is 1.18 bits per heavy atom. The predicted molar refractivity (Wildman–Crippen MR) is 86.3 cm³/mol. The number of carbonyl (C=O) groups is 1. The summed E-state index contributed by atoms with van der Waals surface area (Å²) in [5.74, 6) is 0.704. The van der Waals surface area contributed by atoms with Crippen LogP contribution in [0.1, 0.15) is 55.8 Å². The van der Waals surface area contributed by atoms with Crippen molar-refractivity contribution in [3.63, 3.8) is 0 Å². The fourth-order valence-corrected chi connectivity index (χ4v) is 4.81. The monoisotopic (exact) mass is 342 g/mol. The van der Waals surface area contributed by atoms with Gasteiger partial charge in [-0.25, -0.2) is 13.6 Å². The van der Waals surface area contributed by atoms with E-state index in [0.717, 1.165) is 55.8 Å². The van der Waals surface area contributed by atoms with Crippen LogP contribution in [-0.4, -0.2) is 31.3 Å². The minimum Gasteiger partial charge on any atom is -0.333 e. The van der Waals surface area contributed by atoms with Crippen LogP contribution in [0.5, 0.6) is 0 Å². The lowest BCUT2D eigenvalue weighted by Gasteiger charge is -2.36. The van der Waals surface area contributed by atoms with Gasteiger partial charge in [-0.1, -0.05) is 6.92 Å². The Bertz CT molecular complexity index is 656. The summed E-state index contributed by atoms with van der Waals surface area (Å²) < 4.78 is 22.8. The van der Waals surface area contributed by atoms with Gasteiger partial charge in [0.05, 0.1) is 5.56 Å². The third kappa shape index (κ3) is 3.36. The molecular formula is C15H22N2O3S2. The van der Waals surface area contributed by atoms with E-state index >= 15 is 0 Å². The van der Waals surface area contributed by atoms with Crippen molar-refractivity contribution in [3.8, 4) is 0 Å². The first-order valence-electron chi connectivity index (χ1n) is 7.80. The van der Waals surface area contributed by atoms with Crippen LogP contribution in [0.2, 0.25) is 0 Å². The smallest absolute Gasteiger partial charge is 0.255 e. The molecule has 1 aromatic heterocycles. The molecule has 0 aromatic carbocycles. The van der Waals surface area contributed by atoms with Crippen LogP contribution in [0, 0.1) is 5.92 Å². The first-order chi connectivity index (χ1) is 10.4. The van der Waals surface area contributed by atoms with Crippen molar-refractivity contribution < 1.29 is 13.2 Å². The molecule has 1 heterocycles. The van der Waals surface area contributed by atoms with E-state index in [-0.39, 0.29) is 10.1 Å². The molecule has 2 saturated carbocycles. The van der Waals surface area contributed by atoms with Gasteiger partial charge in [0.1, 0.15) is 4.21 Å². The number of hydrogen-bond acceptors (Lipinski definition) is 4. The second kappa shape index (κ2) is 5.94. The van der Waals surface area contributed by atoms with Gasteiger partial charge in [0.15, 0.2) is 0 Å². The van der Waals surface area contributed by atoms with E-state index in [4.69, 9.17) is 5.14 Å². The SMILES string of the molecule is CC1CCC(N(C(=O)c2csc(S(N)(=O)=O)c2)C2CC2)CC1. The van der Waals surface area contributed by atoms with Crippen LogP contribution >= 0.6 is 11.3 Å². The average Bonchev–Trinajstić information content (AvgIpc) is 3.14. The first kappa shape index (κ1) is 16.0. The Morgan fingerprint density at radius 3 is 2.18 bits per heavy atom. The van der Waals surface area contributed by atoms with E-state index in [1.54, 1.807) is 5.38 Å². The number of hydrogen-bond donors (Lipinski definition) is 1. The van der Waals surface area contributed by atoms with Crippen molar-refractivity contribution in [2.75, 3.05) is 0 Å². The molecule has 1 amide bonds. The van der Waals surface area contributed by atoms with Gasteiger partial charge in [-0.3, -0.25) is 4.79 Å². The Hall–Kier alpha value is -0.920. The molecule has 2 aliphatic rings. The quantitative estimate of drug-likeness (QED) is 0.913. The van der Waals surface area contributed by atoms with Gasteiger partial charge in [-0.15, -0.1) is 11.3 Å². The Morgan fingerprint density at radius 2 is 1.73 bits per heavy atom. The molecule has 0 saturated heterocycles. The average molecular weight is 342 g/mol. The summed E-state index contributed by atoms with van der Waals surface area (Å²) in [5.41, 5.74) is 0.458. The lowest BCUT2D eigenvalue weighted by molar-refractivity contribution is 0.0593. The highest BCUT2D eigenvalue weighted by atomic mass is 32.2. The van der Waals surface area contributed by atoms with Crippen molar-refractivity contribution in [2.24, 2.45) is 11.1 Å². The molecule has 3 rings (SSSR count). The Kier molecular flexibility index (Phi) is 4.31. The number of sulfonamides is 1. The summed E-state index contributed by atoms with van der Waals surface area (Å²) >= 11 is 1.02. The summed E-state index contributed by atoms with van der Waals surface area (Å²) in [4.78, 5) is 14.9. The lowest BCUT2D eigenvalue weighted by Crippen LogP contribution is -2.43. The van der Waals surface area contributed by atoms with Gasteiger partial charge in [-0.05, 0) is 50.5 Å². The van der Waals surface area contributed by atoms with Crippen LogP contribution in [0.4, 0.5) is 0 Å². The largest absolute Gasteiger partial charge is 0.333 e. The van der Waals surface area contributed by atoms with Gasteiger partial charge in [0, 0.05) is 17.5 Å². The van der Waals surface area contributed by atoms with Gasteiger partial charge < -0.3 is 4.90 Å². The van der Waals surface area contributed by atoms with Gasteiger partial charge in [0.2, 0.25) is 10.0 Å². The van der Waals surface area contributed by atoms with Crippen LogP contribution in [0.15, 0.2) is 15.7 Å². The maximum absolute atomic E-state index is 12.8.